The van der Waals surface area contributed by atoms with E-state index < -0.39 is 22.4 Å². The van der Waals surface area contributed by atoms with Crippen LogP contribution in [0.15, 0.2) is 17.3 Å². The van der Waals surface area contributed by atoms with Crippen LogP contribution in [0.3, 0.4) is 0 Å². The Morgan fingerprint density at radius 2 is 2.19 bits per heavy atom. The number of rotatable bonds is 4. The third kappa shape index (κ3) is 2.81. The Bertz CT molecular complexity index is 666. The van der Waals surface area contributed by atoms with E-state index in [4.69, 9.17) is 14.3 Å². The van der Waals surface area contributed by atoms with Crippen molar-refractivity contribution >= 4 is 23.2 Å². The first-order valence-electron chi connectivity index (χ1n) is 5.87. The average molecular weight is 294 g/mol. The van der Waals surface area contributed by atoms with Crippen LogP contribution in [0, 0.1) is 10.1 Å². The van der Waals surface area contributed by atoms with Gasteiger partial charge in [-0.3, -0.25) is 14.9 Å². The van der Waals surface area contributed by atoms with Gasteiger partial charge in [0.25, 0.3) is 5.69 Å². The molecule has 1 aliphatic rings. The molecule has 0 spiro atoms. The molecular weight excluding hydrogens is 284 g/mol. The van der Waals surface area contributed by atoms with Crippen molar-refractivity contribution in [3.8, 4) is 17.2 Å². The first kappa shape index (κ1) is 14.4. The van der Waals surface area contributed by atoms with Gasteiger partial charge in [0.1, 0.15) is 0 Å². The van der Waals surface area contributed by atoms with Crippen molar-refractivity contribution in [1.82, 2.24) is 0 Å². The molecule has 110 valence electrons. The highest BCUT2D eigenvalue weighted by molar-refractivity contribution is 6.64. The maximum atomic E-state index is 11.7. The first-order valence-corrected chi connectivity index (χ1v) is 5.87. The maximum absolute atomic E-state index is 11.7. The van der Waals surface area contributed by atoms with Gasteiger partial charge in [-0.05, 0) is 6.92 Å². The number of hydrogen-bond donors (Lipinski definition) is 0. The Hall–Kier alpha value is -2.97. The van der Waals surface area contributed by atoms with Crippen LogP contribution in [0.2, 0.25) is 0 Å². The van der Waals surface area contributed by atoms with E-state index in [0.29, 0.717) is 0 Å². The van der Waals surface area contributed by atoms with Crippen molar-refractivity contribution in [2.24, 2.45) is 5.16 Å². The Kier molecular flexibility index (Phi) is 3.83. The summed E-state index contributed by atoms with van der Waals surface area (Å²) in [5.41, 5.74) is -0.892. The van der Waals surface area contributed by atoms with E-state index >= 15 is 0 Å². The van der Waals surface area contributed by atoms with Gasteiger partial charge in [-0.2, -0.15) is 0 Å². The lowest BCUT2D eigenvalue weighted by atomic mass is 10.2. The summed E-state index contributed by atoms with van der Waals surface area (Å²) in [6.45, 7) is 2.98. The molecule has 0 saturated carbocycles. The number of carbonyl (C=O) groups is 2. The van der Waals surface area contributed by atoms with Crippen LogP contribution >= 0.6 is 0 Å². The van der Waals surface area contributed by atoms with Gasteiger partial charge >= 0.3 is 5.97 Å². The molecule has 2 rings (SSSR count). The lowest BCUT2D eigenvalue weighted by molar-refractivity contribution is -0.385. The van der Waals surface area contributed by atoms with Crippen molar-refractivity contribution in [2.45, 2.75) is 13.8 Å². The van der Waals surface area contributed by atoms with Crippen LogP contribution in [0.5, 0.6) is 17.2 Å². The molecule has 0 fully saturated rings. The zero-order valence-corrected chi connectivity index (χ0v) is 11.1. The predicted molar refractivity (Wildman–Crippen MR) is 68.6 cm³/mol. The summed E-state index contributed by atoms with van der Waals surface area (Å²) < 4.78 is 10.1. The fraction of sp³-hybridized carbons (Fsp3) is 0.250. The van der Waals surface area contributed by atoms with Crippen molar-refractivity contribution in [2.75, 3.05) is 6.61 Å². The number of ether oxygens (including phenoxy) is 2. The predicted octanol–water partition coefficient (Wildman–Crippen LogP) is 1.24. The molecule has 0 aromatic heterocycles. The number of nitro groups is 1. The van der Waals surface area contributed by atoms with Gasteiger partial charge in [0, 0.05) is 6.92 Å². The Labute approximate surface area is 118 Å². The summed E-state index contributed by atoms with van der Waals surface area (Å²) in [4.78, 5) is 38.1. The molecule has 9 nitrogen and oxygen atoms in total. The van der Waals surface area contributed by atoms with E-state index in [9.17, 15) is 19.7 Å². The number of Topliss-reactive ketones (excluding diaryl/α,β-unsaturated/α-hetero) is 1. The summed E-state index contributed by atoms with van der Waals surface area (Å²) in [6.07, 6.45) is 0. The van der Waals surface area contributed by atoms with Crippen molar-refractivity contribution in [3.63, 3.8) is 0 Å². The van der Waals surface area contributed by atoms with E-state index in [2.05, 4.69) is 5.16 Å². The molecule has 21 heavy (non-hydrogen) atoms. The van der Waals surface area contributed by atoms with E-state index in [1.165, 1.54) is 0 Å². The van der Waals surface area contributed by atoms with Gasteiger partial charge < -0.3 is 14.3 Å². The quantitative estimate of drug-likeness (QED) is 0.355. The van der Waals surface area contributed by atoms with Gasteiger partial charge in [0.2, 0.25) is 11.5 Å². The third-order valence-corrected chi connectivity index (χ3v) is 2.47. The zero-order chi connectivity index (χ0) is 15.6. The number of non-ortho nitro benzene ring substituents is 1. The molecule has 1 aliphatic heterocycles. The number of benzene rings is 1. The van der Waals surface area contributed by atoms with Crippen LogP contribution in [0.1, 0.15) is 13.8 Å². The molecule has 0 atom stereocenters. The summed E-state index contributed by atoms with van der Waals surface area (Å²) in [5, 5.41) is 14.3. The second-order valence-corrected chi connectivity index (χ2v) is 3.94. The highest BCUT2D eigenvalue weighted by Crippen LogP contribution is 2.42. The van der Waals surface area contributed by atoms with Crippen molar-refractivity contribution in [3.05, 3.63) is 22.2 Å². The molecule has 1 aromatic carbocycles. The number of hydrogen-bond acceptors (Lipinski definition) is 8. The summed E-state index contributed by atoms with van der Waals surface area (Å²) >= 11 is 0. The number of oxime groups is 1. The number of esters is 1. The molecule has 1 heterocycles. The fourth-order valence-corrected chi connectivity index (χ4v) is 1.58. The number of nitro benzene ring substituents is 1. The van der Waals surface area contributed by atoms with E-state index in [1.807, 2.05) is 0 Å². The van der Waals surface area contributed by atoms with Crippen LogP contribution < -0.4 is 14.3 Å². The molecule has 0 saturated heterocycles. The highest BCUT2D eigenvalue weighted by Gasteiger charge is 2.29. The molecule has 0 unspecified atom stereocenters. The van der Waals surface area contributed by atoms with Gasteiger partial charge in [-0.1, -0.05) is 5.16 Å². The van der Waals surface area contributed by atoms with E-state index in [-0.39, 0.29) is 29.5 Å². The number of fused-ring (bicyclic) bond motifs is 1. The minimum Gasteiger partial charge on any atom is -0.489 e. The molecular formula is C12H10N2O7. The molecule has 9 heteroatoms. The van der Waals surface area contributed by atoms with Crippen LogP contribution in [0.25, 0.3) is 0 Å². The average Bonchev–Trinajstić information content (AvgIpc) is 2.57. The van der Waals surface area contributed by atoms with E-state index in [1.54, 1.807) is 6.92 Å². The molecule has 0 aliphatic carbocycles. The van der Waals surface area contributed by atoms with E-state index in [0.717, 1.165) is 19.1 Å². The van der Waals surface area contributed by atoms with Gasteiger partial charge in [0.15, 0.2) is 17.3 Å². The second kappa shape index (κ2) is 5.57. The maximum Gasteiger partial charge on any atom is 0.369 e. The second-order valence-electron chi connectivity index (χ2n) is 3.94. The van der Waals surface area contributed by atoms with Crippen molar-refractivity contribution in [1.29, 1.82) is 0 Å². The Morgan fingerprint density at radius 1 is 1.48 bits per heavy atom. The van der Waals surface area contributed by atoms with Gasteiger partial charge in [0.05, 0.1) is 23.7 Å². The standard InChI is InChI=1S/C12H10N2O7/c1-3-19-8-4-7(14(17)18)5-9-11(8)21-13-10(6(2)15)12(16)20-9/h4-5H,3H2,1-2H3. The topological polar surface area (TPSA) is 117 Å². The van der Waals surface area contributed by atoms with Crippen LogP contribution in [-0.4, -0.2) is 29.0 Å². The number of carbonyl (C=O) groups excluding carboxylic acids is 2. The molecule has 0 N–H and O–H groups in total. The fourth-order valence-electron chi connectivity index (χ4n) is 1.58. The normalized spacial score (nSPS) is 13.2. The highest BCUT2D eigenvalue weighted by atomic mass is 16.7. The van der Waals surface area contributed by atoms with Gasteiger partial charge in [-0.25, -0.2) is 4.79 Å². The summed E-state index contributed by atoms with van der Waals surface area (Å²) in [7, 11) is 0. The SMILES string of the molecule is CCOc1cc([N+](=O)[O-])cc2c1ON=C(C(C)=O)C(=O)O2. The van der Waals surface area contributed by atoms with Gasteiger partial charge in [-0.15, -0.1) is 0 Å². The lowest BCUT2D eigenvalue weighted by Crippen LogP contribution is -2.26. The number of ketones is 1. The largest absolute Gasteiger partial charge is 0.489 e. The molecule has 0 bridgehead atoms. The first-order chi connectivity index (χ1) is 9.93. The Morgan fingerprint density at radius 3 is 2.76 bits per heavy atom. The summed E-state index contributed by atoms with van der Waals surface area (Å²) in [5.74, 6) is -2.06. The molecule has 0 radical (unpaired) electrons. The summed E-state index contributed by atoms with van der Waals surface area (Å²) in [6, 6.07) is 2.11. The molecule has 0 amide bonds. The molecule has 1 aromatic rings. The third-order valence-electron chi connectivity index (χ3n) is 2.47. The minimum atomic E-state index is -1.05. The number of nitrogens with zero attached hydrogens (tertiary/aromatic N) is 2. The smallest absolute Gasteiger partial charge is 0.369 e. The Balaban J connectivity index is 2.55. The zero-order valence-electron chi connectivity index (χ0n) is 11.1. The van der Waals surface area contributed by atoms with Crippen LogP contribution in [0.4, 0.5) is 5.69 Å². The van der Waals surface area contributed by atoms with Crippen LogP contribution in [-0.2, 0) is 9.59 Å². The monoisotopic (exact) mass is 294 g/mol. The minimum absolute atomic E-state index is 0.0111. The lowest BCUT2D eigenvalue weighted by Gasteiger charge is -2.09. The van der Waals surface area contributed by atoms with Crippen molar-refractivity contribution < 1.29 is 28.8 Å².